The van der Waals surface area contributed by atoms with Crippen molar-refractivity contribution in [3.8, 4) is 11.5 Å². The zero-order chi connectivity index (χ0) is 21.1. The summed E-state index contributed by atoms with van der Waals surface area (Å²) >= 11 is 6.00. The Morgan fingerprint density at radius 2 is 1.71 bits per heavy atom. The molecule has 0 radical (unpaired) electrons. The van der Waals surface area contributed by atoms with Crippen LogP contribution in [-0.4, -0.2) is 40.8 Å². The van der Waals surface area contributed by atoms with Gasteiger partial charge < -0.3 is 14.8 Å². The highest BCUT2D eigenvalue weighted by atomic mass is 35.5. The van der Waals surface area contributed by atoms with Crippen LogP contribution in [0, 0.1) is 6.92 Å². The number of hydrogen-bond donors (Lipinski definition) is 1. The van der Waals surface area contributed by atoms with Crippen LogP contribution in [0.15, 0.2) is 36.4 Å². The van der Waals surface area contributed by atoms with Crippen LogP contribution in [0.3, 0.4) is 0 Å². The van der Waals surface area contributed by atoms with Crippen molar-refractivity contribution in [2.45, 2.75) is 19.9 Å². The summed E-state index contributed by atoms with van der Waals surface area (Å²) in [5.74, 6) is 0.203. The summed E-state index contributed by atoms with van der Waals surface area (Å²) in [5, 5.41) is 3.09. The third-order valence-electron chi connectivity index (χ3n) is 4.08. The van der Waals surface area contributed by atoms with Gasteiger partial charge in [-0.05, 0) is 49.7 Å². The Hall–Kier alpha value is -2.45. The maximum Gasteiger partial charge on any atom is 0.248 e. The summed E-state index contributed by atoms with van der Waals surface area (Å²) in [6.45, 7) is 3.32. The highest BCUT2D eigenvalue weighted by molar-refractivity contribution is 7.92. The maximum absolute atomic E-state index is 12.9. The van der Waals surface area contributed by atoms with E-state index in [2.05, 4.69) is 5.32 Å². The van der Waals surface area contributed by atoms with Gasteiger partial charge >= 0.3 is 0 Å². The monoisotopic (exact) mass is 426 g/mol. The summed E-state index contributed by atoms with van der Waals surface area (Å²) in [5.41, 5.74) is 1.45. The van der Waals surface area contributed by atoms with Crippen LogP contribution in [0.2, 0.25) is 5.02 Å². The van der Waals surface area contributed by atoms with Crippen LogP contribution < -0.4 is 19.1 Å². The van der Waals surface area contributed by atoms with Crippen molar-refractivity contribution in [2.75, 3.05) is 30.1 Å². The minimum absolute atomic E-state index is 0.283. The Morgan fingerprint density at radius 3 is 2.29 bits per heavy atom. The fraction of sp³-hybridized carbons (Fsp3) is 0.316. The molecule has 9 heteroatoms. The normalized spacial score (nSPS) is 12.2. The van der Waals surface area contributed by atoms with Crippen LogP contribution in [0.4, 0.5) is 11.4 Å². The molecule has 0 aliphatic heterocycles. The molecule has 0 unspecified atom stereocenters. The van der Waals surface area contributed by atoms with E-state index in [1.165, 1.54) is 27.2 Å². The largest absolute Gasteiger partial charge is 0.495 e. The smallest absolute Gasteiger partial charge is 0.248 e. The lowest BCUT2D eigenvalue weighted by atomic mass is 10.2. The topological polar surface area (TPSA) is 84.9 Å². The summed E-state index contributed by atoms with van der Waals surface area (Å²) < 4.78 is 36.6. The van der Waals surface area contributed by atoms with Crippen molar-refractivity contribution in [1.82, 2.24) is 0 Å². The Morgan fingerprint density at radius 1 is 1.11 bits per heavy atom. The van der Waals surface area contributed by atoms with Gasteiger partial charge in [0.05, 0.1) is 31.9 Å². The van der Waals surface area contributed by atoms with Gasteiger partial charge in [-0.15, -0.1) is 0 Å². The van der Waals surface area contributed by atoms with Crippen molar-refractivity contribution in [1.29, 1.82) is 0 Å². The molecule has 2 aromatic carbocycles. The number of halogens is 1. The standard InChI is InChI=1S/C19H23ClN2O5S/c1-12-6-8-18(27-4)16(10-12)22(28(5,24)25)13(2)19(23)21-15-11-14(20)7-9-17(15)26-3/h6-11,13H,1-5H3,(H,21,23)/t13-/m0/s1. The Bertz CT molecular complexity index is 978. The van der Waals surface area contributed by atoms with Crippen LogP contribution in [0.1, 0.15) is 12.5 Å². The van der Waals surface area contributed by atoms with Crippen molar-refractivity contribution in [2.24, 2.45) is 0 Å². The second kappa shape index (κ2) is 8.70. The van der Waals surface area contributed by atoms with Gasteiger partial charge in [0.15, 0.2) is 0 Å². The molecule has 1 atom stereocenters. The Balaban J connectivity index is 2.45. The average Bonchev–Trinajstić information content (AvgIpc) is 2.61. The predicted octanol–water partition coefficient (Wildman–Crippen LogP) is 3.46. The number of carbonyl (C=O) groups is 1. The molecule has 0 heterocycles. The van der Waals surface area contributed by atoms with Gasteiger partial charge in [0.25, 0.3) is 0 Å². The van der Waals surface area contributed by atoms with Gasteiger partial charge in [-0.25, -0.2) is 8.42 Å². The van der Waals surface area contributed by atoms with Crippen LogP contribution >= 0.6 is 11.6 Å². The number of aryl methyl sites for hydroxylation is 1. The molecule has 0 spiro atoms. The number of hydrogen-bond acceptors (Lipinski definition) is 5. The first kappa shape index (κ1) is 21.8. The molecule has 0 fully saturated rings. The zero-order valence-corrected chi connectivity index (χ0v) is 17.9. The first-order valence-electron chi connectivity index (χ1n) is 8.37. The SMILES string of the molecule is COc1ccc(Cl)cc1NC(=O)[C@H](C)N(c1cc(C)ccc1OC)S(C)(=O)=O. The van der Waals surface area contributed by atoms with Gasteiger partial charge in [0, 0.05) is 5.02 Å². The summed E-state index contributed by atoms with van der Waals surface area (Å²) in [7, 11) is -0.891. The van der Waals surface area contributed by atoms with E-state index < -0.39 is 22.0 Å². The van der Waals surface area contributed by atoms with E-state index in [0.717, 1.165) is 16.1 Å². The molecule has 0 bridgehead atoms. The zero-order valence-electron chi connectivity index (χ0n) is 16.3. The number of benzene rings is 2. The summed E-state index contributed by atoms with van der Waals surface area (Å²) in [6.07, 6.45) is 1.04. The lowest BCUT2D eigenvalue weighted by Crippen LogP contribution is -2.45. The number of ether oxygens (including phenoxy) is 2. The maximum atomic E-state index is 12.9. The molecule has 28 heavy (non-hydrogen) atoms. The second-order valence-corrected chi connectivity index (χ2v) is 8.54. The third kappa shape index (κ3) is 4.88. The number of nitrogens with zero attached hydrogens (tertiary/aromatic N) is 1. The highest BCUT2D eigenvalue weighted by Gasteiger charge is 2.31. The fourth-order valence-electron chi connectivity index (χ4n) is 2.77. The molecule has 0 aromatic heterocycles. The third-order valence-corrected chi connectivity index (χ3v) is 5.54. The molecule has 7 nitrogen and oxygen atoms in total. The number of rotatable bonds is 7. The highest BCUT2D eigenvalue weighted by Crippen LogP contribution is 2.33. The predicted molar refractivity (Wildman–Crippen MR) is 111 cm³/mol. The van der Waals surface area contributed by atoms with Gasteiger partial charge in [-0.3, -0.25) is 9.10 Å². The van der Waals surface area contributed by atoms with E-state index in [4.69, 9.17) is 21.1 Å². The molecule has 0 aliphatic rings. The Labute approximate surface area is 170 Å². The number of anilines is 2. The van der Waals surface area contributed by atoms with Gasteiger partial charge in [0.1, 0.15) is 17.5 Å². The minimum Gasteiger partial charge on any atom is -0.495 e. The number of nitrogens with one attached hydrogen (secondary N) is 1. The molecule has 0 saturated heterocycles. The lowest BCUT2D eigenvalue weighted by Gasteiger charge is -2.29. The van der Waals surface area contributed by atoms with Gasteiger partial charge in [-0.2, -0.15) is 0 Å². The van der Waals surface area contributed by atoms with Gasteiger partial charge in [-0.1, -0.05) is 17.7 Å². The van der Waals surface area contributed by atoms with Crippen molar-refractivity contribution in [3.05, 3.63) is 47.0 Å². The van der Waals surface area contributed by atoms with Crippen molar-refractivity contribution in [3.63, 3.8) is 0 Å². The van der Waals surface area contributed by atoms with E-state index >= 15 is 0 Å². The van der Waals surface area contributed by atoms with E-state index in [0.29, 0.717) is 22.2 Å². The van der Waals surface area contributed by atoms with E-state index in [9.17, 15) is 13.2 Å². The number of amides is 1. The molecule has 1 amide bonds. The van der Waals surface area contributed by atoms with Crippen LogP contribution in [0.5, 0.6) is 11.5 Å². The van der Waals surface area contributed by atoms with Crippen LogP contribution in [0.25, 0.3) is 0 Å². The molecule has 152 valence electrons. The first-order valence-corrected chi connectivity index (χ1v) is 10.6. The number of carbonyl (C=O) groups excluding carboxylic acids is 1. The molecule has 0 aliphatic carbocycles. The summed E-state index contributed by atoms with van der Waals surface area (Å²) in [4.78, 5) is 12.9. The Kier molecular flexibility index (Phi) is 6.79. The quantitative estimate of drug-likeness (QED) is 0.732. The van der Waals surface area contributed by atoms with E-state index in [1.807, 2.05) is 6.92 Å². The van der Waals surface area contributed by atoms with Gasteiger partial charge in [0.2, 0.25) is 15.9 Å². The minimum atomic E-state index is -3.79. The number of methoxy groups -OCH3 is 2. The summed E-state index contributed by atoms with van der Waals surface area (Å²) in [6, 6.07) is 8.82. The number of sulfonamides is 1. The molecule has 2 aromatic rings. The van der Waals surface area contributed by atoms with Crippen LogP contribution in [-0.2, 0) is 14.8 Å². The molecular weight excluding hydrogens is 404 g/mol. The molecular formula is C19H23ClN2O5S. The molecule has 0 saturated carbocycles. The fourth-order valence-corrected chi connectivity index (χ4v) is 4.11. The van der Waals surface area contributed by atoms with E-state index in [1.54, 1.807) is 30.3 Å². The molecule has 2 rings (SSSR count). The average molecular weight is 427 g/mol. The van der Waals surface area contributed by atoms with Crippen molar-refractivity contribution >= 4 is 38.9 Å². The first-order chi connectivity index (χ1) is 13.1. The van der Waals surface area contributed by atoms with E-state index in [-0.39, 0.29) is 5.69 Å². The second-order valence-electron chi connectivity index (χ2n) is 6.24. The van der Waals surface area contributed by atoms with Crippen molar-refractivity contribution < 1.29 is 22.7 Å². The lowest BCUT2D eigenvalue weighted by molar-refractivity contribution is -0.116. The molecule has 1 N–H and O–H groups in total.